The second-order valence-corrected chi connectivity index (χ2v) is 9.14. The molecule has 2 N–H and O–H groups in total. The number of carbonyl (C=O) groups excluding carboxylic acids is 2. The molecule has 0 aromatic heterocycles. The molecule has 0 amide bonds. The Bertz CT molecular complexity index is 670. The highest BCUT2D eigenvalue weighted by atomic mass is 32.2. The first-order valence-corrected chi connectivity index (χ1v) is 9.66. The Morgan fingerprint density at radius 1 is 0.640 bits per heavy atom. The van der Waals surface area contributed by atoms with Gasteiger partial charge in [-0.3, -0.25) is 19.2 Å². The lowest BCUT2D eigenvalue weighted by atomic mass is 9.82. The van der Waals surface area contributed by atoms with Crippen molar-refractivity contribution in [3.05, 3.63) is 24.3 Å². The van der Waals surface area contributed by atoms with Crippen LogP contribution in [0.4, 0.5) is 0 Å². The lowest BCUT2D eigenvalue weighted by Gasteiger charge is -2.24. The van der Waals surface area contributed by atoms with Gasteiger partial charge in [-0.1, -0.05) is 24.3 Å². The highest BCUT2D eigenvalue weighted by Gasteiger charge is 2.56. The molecule has 0 aliphatic carbocycles. The fourth-order valence-electron chi connectivity index (χ4n) is 4.00. The summed E-state index contributed by atoms with van der Waals surface area (Å²) in [6.07, 6.45) is 7.05. The molecular weight excluding hydrogens is 368 g/mol. The average molecular weight is 382 g/mol. The van der Waals surface area contributed by atoms with Gasteiger partial charge in [0.05, 0.1) is 23.7 Å². The molecule has 25 heavy (non-hydrogen) atoms. The second kappa shape index (κ2) is 5.91. The van der Waals surface area contributed by atoms with Gasteiger partial charge in [0.1, 0.15) is 0 Å². The van der Waals surface area contributed by atoms with Crippen LogP contribution in [-0.2, 0) is 23.9 Å². The first-order chi connectivity index (χ1) is 11.9. The standard InChI is InChI=1S/C16H14O7S2/c17-13(18)9-5-1-3-7(24-5)11(9)15(21)23-16(22)12-8-4-2-6(25-8)10(12)14(19)20/h1-12H,(H,17,18)(H,19,20). The number of aliphatic carboxylic acids is 2. The van der Waals surface area contributed by atoms with Crippen LogP contribution in [-0.4, -0.2) is 55.1 Å². The maximum absolute atomic E-state index is 12.5. The second-order valence-electron chi connectivity index (χ2n) is 6.42. The minimum absolute atomic E-state index is 0.303. The molecule has 8 atom stereocenters. The van der Waals surface area contributed by atoms with E-state index in [2.05, 4.69) is 0 Å². The number of thioether (sulfide) groups is 2. The van der Waals surface area contributed by atoms with Crippen molar-refractivity contribution in [2.75, 3.05) is 0 Å². The van der Waals surface area contributed by atoms with Gasteiger partial charge in [0.15, 0.2) is 0 Å². The quantitative estimate of drug-likeness (QED) is 0.413. The fourth-order valence-corrected chi connectivity index (χ4v) is 7.26. The zero-order valence-electron chi connectivity index (χ0n) is 12.7. The van der Waals surface area contributed by atoms with E-state index in [1.807, 2.05) is 0 Å². The molecule has 2 saturated heterocycles. The summed E-state index contributed by atoms with van der Waals surface area (Å²) >= 11 is 2.74. The molecule has 0 saturated carbocycles. The molecule has 9 heteroatoms. The van der Waals surface area contributed by atoms with Crippen LogP contribution in [0.15, 0.2) is 24.3 Å². The monoisotopic (exact) mass is 382 g/mol. The van der Waals surface area contributed by atoms with Gasteiger partial charge in [0.25, 0.3) is 0 Å². The van der Waals surface area contributed by atoms with Crippen molar-refractivity contribution in [3.63, 3.8) is 0 Å². The number of hydrogen-bond acceptors (Lipinski definition) is 7. The maximum atomic E-state index is 12.5. The Morgan fingerprint density at radius 3 is 1.28 bits per heavy atom. The van der Waals surface area contributed by atoms with E-state index < -0.39 is 47.5 Å². The molecular formula is C16H14O7S2. The summed E-state index contributed by atoms with van der Waals surface area (Å²) in [5.74, 6) is -7.64. The molecule has 0 aromatic rings. The fraction of sp³-hybridized carbons (Fsp3) is 0.500. The minimum Gasteiger partial charge on any atom is -0.481 e. The van der Waals surface area contributed by atoms with Crippen LogP contribution in [0, 0.1) is 23.7 Å². The first kappa shape index (κ1) is 16.7. The highest BCUT2D eigenvalue weighted by Crippen LogP contribution is 2.51. The van der Waals surface area contributed by atoms with Crippen molar-refractivity contribution >= 4 is 47.4 Å². The zero-order valence-corrected chi connectivity index (χ0v) is 14.3. The summed E-state index contributed by atoms with van der Waals surface area (Å²) in [6, 6.07) is 0. The molecule has 0 aromatic carbocycles. The summed E-state index contributed by atoms with van der Waals surface area (Å²) in [5, 5.41) is 17.5. The summed E-state index contributed by atoms with van der Waals surface area (Å²) in [5.41, 5.74) is 0. The topological polar surface area (TPSA) is 118 Å². The van der Waals surface area contributed by atoms with Crippen LogP contribution in [0.5, 0.6) is 0 Å². The number of rotatable bonds is 4. The van der Waals surface area contributed by atoms with Gasteiger partial charge in [0.2, 0.25) is 0 Å². The van der Waals surface area contributed by atoms with Crippen molar-refractivity contribution in [1.29, 1.82) is 0 Å². The molecule has 2 fully saturated rings. The van der Waals surface area contributed by atoms with Gasteiger partial charge in [-0.25, -0.2) is 0 Å². The Kier molecular flexibility index (Phi) is 3.95. The van der Waals surface area contributed by atoms with Gasteiger partial charge >= 0.3 is 23.9 Å². The number of carbonyl (C=O) groups is 4. The predicted molar refractivity (Wildman–Crippen MR) is 88.9 cm³/mol. The zero-order chi connectivity index (χ0) is 17.9. The molecule has 4 aliphatic rings. The van der Waals surface area contributed by atoms with E-state index in [0.717, 1.165) is 0 Å². The lowest BCUT2D eigenvalue weighted by Crippen LogP contribution is -2.42. The molecule has 0 spiro atoms. The summed E-state index contributed by atoms with van der Waals surface area (Å²) < 4.78 is 4.99. The Balaban J connectivity index is 1.50. The summed E-state index contributed by atoms with van der Waals surface area (Å²) in [6.45, 7) is 0. The molecule has 132 valence electrons. The Labute approximate surface area is 150 Å². The van der Waals surface area contributed by atoms with Crippen LogP contribution < -0.4 is 0 Å². The highest BCUT2D eigenvalue weighted by molar-refractivity contribution is 8.01. The molecule has 4 heterocycles. The van der Waals surface area contributed by atoms with E-state index in [1.54, 1.807) is 24.3 Å². The number of fused-ring (bicyclic) bond motifs is 4. The number of carboxylic acids is 2. The Morgan fingerprint density at radius 2 is 0.960 bits per heavy atom. The van der Waals surface area contributed by atoms with Gasteiger partial charge in [-0.2, -0.15) is 0 Å². The van der Waals surface area contributed by atoms with Crippen molar-refractivity contribution < 1.29 is 34.1 Å². The molecule has 4 bridgehead atoms. The largest absolute Gasteiger partial charge is 0.481 e. The van der Waals surface area contributed by atoms with Crippen molar-refractivity contribution in [1.82, 2.24) is 0 Å². The molecule has 7 nitrogen and oxygen atoms in total. The third-order valence-corrected chi connectivity index (χ3v) is 8.17. The number of ether oxygens (including phenoxy) is 1. The average Bonchev–Trinajstić information content (AvgIpc) is 3.31. The van der Waals surface area contributed by atoms with E-state index >= 15 is 0 Å². The van der Waals surface area contributed by atoms with E-state index in [9.17, 15) is 29.4 Å². The van der Waals surface area contributed by atoms with Crippen LogP contribution >= 0.6 is 23.5 Å². The minimum atomic E-state index is -1.10. The van der Waals surface area contributed by atoms with Gasteiger partial charge in [0, 0.05) is 21.0 Å². The van der Waals surface area contributed by atoms with Crippen LogP contribution in [0.1, 0.15) is 0 Å². The number of esters is 2. The predicted octanol–water partition coefficient (Wildman–Crippen LogP) is 0.798. The van der Waals surface area contributed by atoms with E-state index in [0.29, 0.717) is 0 Å². The van der Waals surface area contributed by atoms with Crippen LogP contribution in [0.2, 0.25) is 0 Å². The van der Waals surface area contributed by atoms with Crippen LogP contribution in [0.3, 0.4) is 0 Å². The third kappa shape index (κ3) is 2.52. The number of carboxylic acid groups (broad SMARTS) is 2. The van der Waals surface area contributed by atoms with Gasteiger partial charge in [-0.05, 0) is 0 Å². The molecule has 8 unspecified atom stereocenters. The van der Waals surface area contributed by atoms with E-state index in [-0.39, 0.29) is 21.0 Å². The molecule has 4 aliphatic heterocycles. The van der Waals surface area contributed by atoms with Crippen LogP contribution in [0.25, 0.3) is 0 Å². The van der Waals surface area contributed by atoms with Gasteiger partial charge < -0.3 is 14.9 Å². The molecule has 4 rings (SSSR count). The van der Waals surface area contributed by atoms with Crippen molar-refractivity contribution in [2.45, 2.75) is 21.0 Å². The molecule has 0 radical (unpaired) electrons. The SMILES string of the molecule is O=C(O)C1C2C=CC(S2)C1C(=O)OC(=O)C1C2C=CC(S2)C1C(=O)O. The number of hydrogen-bond donors (Lipinski definition) is 2. The smallest absolute Gasteiger partial charge is 0.318 e. The summed E-state index contributed by atoms with van der Waals surface area (Å²) in [7, 11) is 0. The Hall–Kier alpha value is -1.74. The maximum Gasteiger partial charge on any atom is 0.318 e. The lowest BCUT2D eigenvalue weighted by molar-refractivity contribution is -0.171. The van der Waals surface area contributed by atoms with E-state index in [4.69, 9.17) is 4.74 Å². The van der Waals surface area contributed by atoms with Gasteiger partial charge in [-0.15, -0.1) is 23.5 Å². The van der Waals surface area contributed by atoms with Crippen molar-refractivity contribution in [2.24, 2.45) is 23.7 Å². The van der Waals surface area contributed by atoms with E-state index in [1.165, 1.54) is 23.5 Å². The first-order valence-electron chi connectivity index (χ1n) is 7.77. The summed E-state index contributed by atoms with van der Waals surface area (Å²) in [4.78, 5) is 47.9. The third-order valence-electron chi connectivity index (χ3n) is 5.11. The van der Waals surface area contributed by atoms with Crippen molar-refractivity contribution in [3.8, 4) is 0 Å². The normalized spacial score (nSPS) is 42.7.